The van der Waals surface area contributed by atoms with Crippen molar-refractivity contribution in [3.05, 3.63) is 70.3 Å². The molecule has 4 aromatic rings. The first kappa shape index (κ1) is 29.5. The molecule has 3 aliphatic heterocycles. The minimum Gasteiger partial charge on any atom is -0.487 e. The fourth-order valence-corrected chi connectivity index (χ4v) is 6.40. The number of carboxylic acid groups (broad SMARTS) is 1. The van der Waals surface area contributed by atoms with Gasteiger partial charge >= 0.3 is 12.1 Å². The van der Waals surface area contributed by atoms with Gasteiger partial charge in [0.25, 0.3) is 0 Å². The Balaban J connectivity index is 1.08. The highest BCUT2D eigenvalue weighted by Crippen LogP contribution is 2.46. The van der Waals surface area contributed by atoms with Crippen LogP contribution < -0.4 is 24.7 Å². The molecule has 0 saturated carbocycles. The van der Waals surface area contributed by atoms with E-state index in [-0.39, 0.29) is 73.0 Å². The lowest BCUT2D eigenvalue weighted by molar-refractivity contribution is 0.00980. The molecule has 16 heteroatoms. The summed E-state index contributed by atoms with van der Waals surface area (Å²) >= 11 is 0. The second kappa shape index (κ2) is 11.0. The van der Waals surface area contributed by atoms with Gasteiger partial charge in [0.05, 0.1) is 48.5 Å². The number of fused-ring (bicyclic) bond motifs is 5. The zero-order valence-corrected chi connectivity index (χ0v) is 24.4. The molecule has 2 fully saturated rings. The molecule has 0 aliphatic carbocycles. The van der Waals surface area contributed by atoms with Crippen LogP contribution >= 0.6 is 0 Å². The smallest absolute Gasteiger partial charge is 0.414 e. The molecule has 3 atom stereocenters. The molecule has 0 radical (unpaired) electrons. The molecule has 0 unspecified atom stereocenters. The summed E-state index contributed by atoms with van der Waals surface area (Å²) in [7, 11) is 0. The van der Waals surface area contributed by atoms with Gasteiger partial charge in [-0.1, -0.05) is 5.21 Å². The van der Waals surface area contributed by atoms with Crippen LogP contribution in [-0.4, -0.2) is 85.9 Å². The van der Waals surface area contributed by atoms with Crippen molar-refractivity contribution in [2.75, 3.05) is 36.1 Å². The SMILES string of the molecule is CCn1cc(C(=O)O)c(=O)c2cc(F)c3c(c21)OC[C@@H]1C[C@@](O)(COc2ccc(N4C[C@H](Cn5ccnn5)OC4=O)cc2F)CN31. The Morgan fingerprint density at radius 1 is 1.22 bits per heavy atom. The van der Waals surface area contributed by atoms with Crippen LogP contribution in [0.15, 0.2) is 47.7 Å². The van der Waals surface area contributed by atoms with Gasteiger partial charge in [-0.2, -0.15) is 0 Å². The first-order chi connectivity index (χ1) is 22.0. The molecular formula is C30H28F2N6O8. The molecule has 2 N–H and O–H groups in total. The van der Waals surface area contributed by atoms with Crippen LogP contribution in [0.25, 0.3) is 10.9 Å². The van der Waals surface area contributed by atoms with E-state index in [1.807, 2.05) is 0 Å². The van der Waals surface area contributed by atoms with E-state index in [1.54, 1.807) is 18.0 Å². The molecule has 5 heterocycles. The number of aliphatic hydroxyl groups is 1. The highest BCUT2D eigenvalue weighted by atomic mass is 19.1. The van der Waals surface area contributed by atoms with Crippen molar-refractivity contribution in [1.82, 2.24) is 19.6 Å². The van der Waals surface area contributed by atoms with Crippen molar-refractivity contribution in [3.63, 3.8) is 0 Å². The van der Waals surface area contributed by atoms with Crippen LogP contribution in [0.1, 0.15) is 23.7 Å². The van der Waals surface area contributed by atoms with E-state index in [0.717, 1.165) is 12.1 Å². The van der Waals surface area contributed by atoms with Crippen LogP contribution in [0.2, 0.25) is 0 Å². The van der Waals surface area contributed by atoms with E-state index < -0.39 is 52.4 Å². The summed E-state index contributed by atoms with van der Waals surface area (Å²) in [6.07, 6.45) is 3.34. The number of halogens is 2. The summed E-state index contributed by atoms with van der Waals surface area (Å²) in [6, 6.07) is 4.55. The number of hydrogen-bond donors (Lipinski definition) is 2. The summed E-state index contributed by atoms with van der Waals surface area (Å²) < 4.78 is 50.9. The molecule has 46 heavy (non-hydrogen) atoms. The molecule has 0 spiro atoms. The Kier molecular flexibility index (Phi) is 7.03. The molecule has 240 valence electrons. The van der Waals surface area contributed by atoms with Gasteiger partial charge < -0.3 is 33.9 Å². The number of benzene rings is 2. The lowest BCUT2D eigenvalue weighted by atomic mass is 10.0. The third-order valence-electron chi connectivity index (χ3n) is 8.50. The number of aromatic nitrogens is 4. The topological polar surface area (TPSA) is 161 Å². The number of anilines is 2. The highest BCUT2D eigenvalue weighted by molar-refractivity contribution is 5.97. The second-order valence-corrected chi connectivity index (χ2v) is 11.6. The van der Waals surface area contributed by atoms with Crippen molar-refractivity contribution >= 4 is 34.3 Å². The Hall–Kier alpha value is -5.25. The third-order valence-corrected chi connectivity index (χ3v) is 8.50. The van der Waals surface area contributed by atoms with E-state index in [9.17, 15) is 24.6 Å². The highest BCUT2D eigenvalue weighted by Gasteiger charge is 2.48. The van der Waals surface area contributed by atoms with Gasteiger partial charge in [-0.05, 0) is 25.1 Å². The lowest BCUT2D eigenvalue weighted by Gasteiger charge is -2.34. The number of rotatable bonds is 8. The fourth-order valence-electron chi connectivity index (χ4n) is 6.40. The first-order valence-corrected chi connectivity index (χ1v) is 14.5. The number of nitrogens with zero attached hydrogens (tertiary/aromatic N) is 6. The van der Waals surface area contributed by atoms with Gasteiger partial charge in [0.1, 0.15) is 36.2 Å². The number of carbonyl (C=O) groups is 2. The normalized spacial score (nSPS) is 22.0. The lowest BCUT2D eigenvalue weighted by Crippen LogP contribution is -2.41. The predicted octanol–water partition coefficient (Wildman–Crippen LogP) is 2.40. The van der Waals surface area contributed by atoms with Gasteiger partial charge in [-0.3, -0.25) is 9.69 Å². The average molecular weight is 639 g/mol. The van der Waals surface area contributed by atoms with E-state index >= 15 is 8.78 Å². The summed E-state index contributed by atoms with van der Waals surface area (Å²) in [5.74, 6) is -3.05. The Morgan fingerprint density at radius 3 is 2.76 bits per heavy atom. The molecule has 2 aromatic carbocycles. The number of aromatic carboxylic acids is 1. The van der Waals surface area contributed by atoms with Gasteiger partial charge in [0.15, 0.2) is 23.1 Å². The Bertz CT molecular complexity index is 1930. The molecule has 0 bridgehead atoms. The zero-order valence-electron chi connectivity index (χ0n) is 24.4. The number of cyclic esters (lactones) is 1. The Morgan fingerprint density at radius 2 is 2.04 bits per heavy atom. The molecule has 1 amide bonds. The van der Waals surface area contributed by atoms with E-state index in [2.05, 4.69) is 10.3 Å². The van der Waals surface area contributed by atoms with Gasteiger partial charge in [0.2, 0.25) is 5.43 Å². The number of ether oxygens (including phenoxy) is 3. The standard InChI is InChI=1S/C30H28F2N6O8/c1-2-35-12-20(28(40)41)26(39)19-8-22(32)25-27(24(19)35)44-13-17-9-30(43,14-38(17)25)15-45-23-4-3-16(7-21(23)31)37-11-18(46-29(37)42)10-36-6-5-33-34-36/h3-8,12,17-18,43H,2,9-11,13-15H2,1H3,(H,40,41)/t17-,18-,30-/m0/s1. The minimum absolute atomic E-state index is 0.0412. The van der Waals surface area contributed by atoms with Crippen molar-refractivity contribution in [3.8, 4) is 11.5 Å². The van der Waals surface area contributed by atoms with Gasteiger partial charge in [0, 0.05) is 31.4 Å². The van der Waals surface area contributed by atoms with E-state index in [1.165, 1.54) is 38.7 Å². The van der Waals surface area contributed by atoms with Crippen molar-refractivity contribution < 1.29 is 42.8 Å². The van der Waals surface area contributed by atoms with Gasteiger partial charge in [-0.15, -0.1) is 5.10 Å². The van der Waals surface area contributed by atoms with Crippen LogP contribution in [0.3, 0.4) is 0 Å². The van der Waals surface area contributed by atoms with Crippen LogP contribution in [0.5, 0.6) is 11.5 Å². The van der Waals surface area contributed by atoms with Crippen molar-refractivity contribution in [1.29, 1.82) is 0 Å². The second-order valence-electron chi connectivity index (χ2n) is 11.6. The van der Waals surface area contributed by atoms with Gasteiger partial charge in [-0.25, -0.2) is 23.1 Å². The predicted molar refractivity (Wildman–Crippen MR) is 157 cm³/mol. The first-order valence-electron chi connectivity index (χ1n) is 14.5. The van der Waals surface area contributed by atoms with E-state index in [4.69, 9.17) is 14.2 Å². The maximum Gasteiger partial charge on any atom is 0.414 e. The van der Waals surface area contributed by atoms with E-state index in [0.29, 0.717) is 6.54 Å². The molecule has 2 saturated heterocycles. The summed E-state index contributed by atoms with van der Waals surface area (Å²) in [5, 5.41) is 28.4. The summed E-state index contributed by atoms with van der Waals surface area (Å²) in [4.78, 5) is 39.9. The molecule has 2 aromatic heterocycles. The van der Waals surface area contributed by atoms with Crippen LogP contribution in [-0.2, 0) is 17.8 Å². The van der Waals surface area contributed by atoms with Crippen molar-refractivity contribution in [2.24, 2.45) is 0 Å². The van der Waals surface area contributed by atoms with Crippen molar-refractivity contribution in [2.45, 2.75) is 44.2 Å². The van der Waals surface area contributed by atoms with Crippen LogP contribution in [0, 0.1) is 11.6 Å². The van der Waals surface area contributed by atoms with Crippen LogP contribution in [0.4, 0.5) is 25.0 Å². The number of aryl methyl sites for hydroxylation is 1. The quantitative estimate of drug-likeness (QED) is 0.292. The Labute approximate surface area is 258 Å². The molecule has 3 aliphatic rings. The number of pyridine rings is 1. The average Bonchev–Trinajstić information content (AvgIpc) is 3.75. The largest absolute Gasteiger partial charge is 0.487 e. The number of hydrogen-bond acceptors (Lipinski definition) is 10. The number of amides is 1. The zero-order chi connectivity index (χ0) is 32.3. The maximum atomic E-state index is 15.6. The summed E-state index contributed by atoms with van der Waals surface area (Å²) in [5.41, 5.74) is -2.26. The third kappa shape index (κ3) is 4.94. The number of carbonyl (C=O) groups excluding carboxylic acids is 1. The molecule has 7 rings (SSSR count). The number of carboxylic acids is 1. The fraction of sp³-hybridized carbons (Fsp3) is 0.367. The monoisotopic (exact) mass is 638 g/mol. The minimum atomic E-state index is -1.52. The molecular weight excluding hydrogens is 610 g/mol. The maximum absolute atomic E-state index is 15.6. The molecule has 14 nitrogen and oxygen atoms in total. The summed E-state index contributed by atoms with van der Waals surface area (Å²) in [6.45, 7) is 2.16.